The van der Waals surface area contributed by atoms with Crippen molar-refractivity contribution < 1.29 is 19.1 Å². The second kappa shape index (κ2) is 16.9. The summed E-state index contributed by atoms with van der Waals surface area (Å²) in [5.41, 5.74) is 9.59. The fraction of sp³-hybridized carbons (Fsp3) is 0.0930. The van der Waals surface area contributed by atoms with Gasteiger partial charge in [0.05, 0.1) is 34.9 Å². The van der Waals surface area contributed by atoms with Gasteiger partial charge >= 0.3 is 12.1 Å². The Morgan fingerprint density at radius 2 is 1.23 bits per heavy atom. The Balaban J connectivity index is 0.00000150. The van der Waals surface area contributed by atoms with Gasteiger partial charge in [-0.15, -0.1) is 11.3 Å². The fourth-order valence-corrected chi connectivity index (χ4v) is 6.68. The molecule has 0 spiro atoms. The third kappa shape index (κ3) is 8.25. The molecule has 0 saturated heterocycles. The number of ether oxygens (including phenoxy) is 1. The van der Waals surface area contributed by atoms with E-state index in [4.69, 9.17) is 24.3 Å². The second-order valence-corrected chi connectivity index (χ2v) is 12.6. The molecule has 0 radical (unpaired) electrons. The quantitative estimate of drug-likeness (QED) is 0.130. The van der Waals surface area contributed by atoms with E-state index >= 15 is 0 Å². The summed E-state index contributed by atoms with van der Waals surface area (Å²) in [4.78, 5) is 47.7. The van der Waals surface area contributed by atoms with E-state index < -0.39 is 5.97 Å². The van der Waals surface area contributed by atoms with Crippen LogP contribution in [0.5, 0.6) is 0 Å². The number of aryl methyl sites for hydroxylation is 1. The van der Waals surface area contributed by atoms with Crippen LogP contribution < -0.4 is 4.90 Å². The minimum Gasteiger partial charge on any atom is -0.462 e. The summed E-state index contributed by atoms with van der Waals surface area (Å²) in [5.74, 6) is -0.400. The highest BCUT2D eigenvalue weighted by atomic mass is 32.1. The lowest BCUT2D eigenvalue weighted by Crippen LogP contribution is -2.09. The van der Waals surface area contributed by atoms with E-state index in [2.05, 4.69) is 102 Å². The number of anilines is 3. The van der Waals surface area contributed by atoms with Crippen LogP contribution in [0.2, 0.25) is 0 Å². The number of hydrogen-bond acceptors (Lipinski definition) is 9. The molecule has 0 atom stereocenters. The van der Waals surface area contributed by atoms with Crippen LogP contribution in [-0.2, 0) is 20.7 Å². The Kier molecular flexibility index (Phi) is 11.5. The first-order chi connectivity index (χ1) is 25.5. The lowest BCUT2D eigenvalue weighted by atomic mass is 10.1. The Hall–Kier alpha value is -6.54. The maximum Gasteiger partial charge on any atom is 0.373 e. The summed E-state index contributed by atoms with van der Waals surface area (Å²) in [6, 6.07) is 45.3. The zero-order valence-electron chi connectivity index (χ0n) is 28.6. The van der Waals surface area contributed by atoms with Crippen LogP contribution in [-0.4, -0.2) is 33.7 Å². The standard InChI is InChI=1S/C42H34N4O2S.CO2/c1-3-29-23-24-43-37(25-29)39-27-32(42(47)48-4-2)26-38(45-39)36-20-17-31(28-44-36)41-22-21-40(49-41)30-15-18-35(19-16-30)46(33-11-7-5-8-12-33)34-13-9-6-10-14-34;2-1-3/h5-28H,3-4H2,1-2H3;. The van der Waals surface area contributed by atoms with E-state index in [-0.39, 0.29) is 12.8 Å². The lowest BCUT2D eigenvalue weighted by molar-refractivity contribution is -0.191. The SMILES string of the molecule is CCOC(=O)c1cc(-c2ccc(-c3ccc(-c4ccc(N(c5ccccc5)c5ccccc5)cc4)s3)cn2)nc(-c2cc(CC)ccn2)c1.O=C=O. The topological polar surface area (TPSA) is 102 Å². The molecule has 9 heteroatoms. The molecule has 3 aromatic carbocycles. The van der Waals surface area contributed by atoms with E-state index in [0.717, 1.165) is 45.1 Å². The average Bonchev–Trinajstić information content (AvgIpc) is 3.70. The molecule has 0 fully saturated rings. The number of carbonyl (C=O) groups excluding carboxylic acids is 3. The van der Waals surface area contributed by atoms with Gasteiger partial charge in [0.1, 0.15) is 0 Å². The number of nitrogens with zero attached hydrogens (tertiary/aromatic N) is 4. The van der Waals surface area contributed by atoms with Crippen molar-refractivity contribution >= 4 is 40.5 Å². The number of benzene rings is 3. The molecule has 7 aromatic rings. The first kappa shape index (κ1) is 35.3. The first-order valence-electron chi connectivity index (χ1n) is 16.7. The minimum absolute atomic E-state index is 0.250. The molecule has 0 aliphatic carbocycles. The van der Waals surface area contributed by atoms with Crippen molar-refractivity contribution in [1.82, 2.24) is 15.0 Å². The minimum atomic E-state index is -0.400. The average molecular weight is 703 g/mol. The van der Waals surface area contributed by atoms with Crippen molar-refractivity contribution in [2.45, 2.75) is 20.3 Å². The van der Waals surface area contributed by atoms with Crippen LogP contribution >= 0.6 is 11.3 Å². The number of rotatable bonds is 10. The van der Waals surface area contributed by atoms with Gasteiger partial charge in [-0.2, -0.15) is 9.59 Å². The van der Waals surface area contributed by atoms with Gasteiger partial charge in [-0.3, -0.25) is 9.97 Å². The van der Waals surface area contributed by atoms with Gasteiger partial charge in [-0.05, 0) is 109 Å². The Morgan fingerprint density at radius 1 is 0.654 bits per heavy atom. The number of para-hydroxylation sites is 2. The molecule has 0 bridgehead atoms. The molecule has 0 N–H and O–H groups in total. The van der Waals surface area contributed by atoms with Gasteiger partial charge in [0.25, 0.3) is 0 Å². The molecule has 0 unspecified atom stereocenters. The second-order valence-electron chi connectivity index (χ2n) is 11.5. The molecule has 4 aromatic heterocycles. The predicted octanol–water partition coefficient (Wildman–Crippen LogP) is 10.2. The zero-order valence-corrected chi connectivity index (χ0v) is 29.4. The molecule has 52 heavy (non-hydrogen) atoms. The smallest absolute Gasteiger partial charge is 0.373 e. The molecule has 0 aliphatic rings. The number of carbonyl (C=O) groups is 1. The summed E-state index contributed by atoms with van der Waals surface area (Å²) in [6.45, 7) is 4.18. The van der Waals surface area contributed by atoms with E-state index in [0.29, 0.717) is 28.3 Å². The number of pyridine rings is 3. The highest BCUT2D eigenvalue weighted by molar-refractivity contribution is 7.18. The summed E-state index contributed by atoms with van der Waals surface area (Å²) >= 11 is 1.72. The van der Waals surface area contributed by atoms with Crippen LogP contribution in [0.3, 0.4) is 0 Å². The number of esters is 1. The van der Waals surface area contributed by atoms with Crippen LogP contribution in [0.25, 0.3) is 43.7 Å². The van der Waals surface area contributed by atoms with Gasteiger partial charge < -0.3 is 9.64 Å². The van der Waals surface area contributed by atoms with Crippen molar-refractivity contribution in [2.24, 2.45) is 0 Å². The maximum absolute atomic E-state index is 12.8. The Morgan fingerprint density at radius 3 is 1.81 bits per heavy atom. The molecule has 0 amide bonds. The molecule has 4 heterocycles. The largest absolute Gasteiger partial charge is 0.462 e. The van der Waals surface area contributed by atoms with Crippen molar-refractivity contribution in [3.05, 3.63) is 157 Å². The Labute approximate surface area is 306 Å². The van der Waals surface area contributed by atoms with Crippen LogP contribution in [0.15, 0.2) is 146 Å². The molecular weight excluding hydrogens is 669 g/mol. The molecular formula is C43H34N4O4S. The van der Waals surface area contributed by atoms with Crippen molar-refractivity contribution in [3.63, 3.8) is 0 Å². The lowest BCUT2D eigenvalue weighted by Gasteiger charge is -2.25. The van der Waals surface area contributed by atoms with Crippen LogP contribution in [0.4, 0.5) is 17.1 Å². The first-order valence-corrected chi connectivity index (χ1v) is 17.5. The van der Waals surface area contributed by atoms with E-state index in [1.165, 1.54) is 4.88 Å². The van der Waals surface area contributed by atoms with Crippen molar-refractivity contribution in [2.75, 3.05) is 11.5 Å². The summed E-state index contributed by atoms with van der Waals surface area (Å²) in [5, 5.41) is 0. The van der Waals surface area contributed by atoms with Crippen molar-refractivity contribution in [3.8, 4) is 43.7 Å². The van der Waals surface area contributed by atoms with E-state index in [9.17, 15) is 4.79 Å². The molecule has 0 saturated carbocycles. The number of aromatic nitrogens is 3. The van der Waals surface area contributed by atoms with Gasteiger partial charge in [-0.25, -0.2) is 9.78 Å². The van der Waals surface area contributed by atoms with E-state index in [1.807, 2.05) is 42.6 Å². The number of hydrogen-bond donors (Lipinski definition) is 0. The van der Waals surface area contributed by atoms with Crippen LogP contribution in [0.1, 0.15) is 29.8 Å². The van der Waals surface area contributed by atoms with Gasteiger partial charge in [0.15, 0.2) is 0 Å². The monoisotopic (exact) mass is 702 g/mol. The zero-order chi connectivity index (χ0) is 36.3. The Bertz CT molecular complexity index is 2250. The summed E-state index contributed by atoms with van der Waals surface area (Å²) in [7, 11) is 0. The highest BCUT2D eigenvalue weighted by Gasteiger charge is 2.16. The fourth-order valence-electron chi connectivity index (χ4n) is 5.67. The van der Waals surface area contributed by atoms with Crippen molar-refractivity contribution in [1.29, 1.82) is 0 Å². The molecule has 8 nitrogen and oxygen atoms in total. The van der Waals surface area contributed by atoms with Gasteiger partial charge in [0.2, 0.25) is 0 Å². The molecule has 256 valence electrons. The van der Waals surface area contributed by atoms with E-state index in [1.54, 1.807) is 36.6 Å². The third-order valence-corrected chi connectivity index (χ3v) is 9.37. The van der Waals surface area contributed by atoms with Gasteiger partial charge in [0, 0.05) is 44.8 Å². The van der Waals surface area contributed by atoms with Gasteiger partial charge in [-0.1, -0.05) is 55.5 Å². The third-order valence-electron chi connectivity index (χ3n) is 8.19. The highest BCUT2D eigenvalue weighted by Crippen LogP contribution is 2.38. The van der Waals surface area contributed by atoms with Crippen LogP contribution in [0, 0.1) is 0 Å². The molecule has 0 aliphatic heterocycles. The normalized spacial score (nSPS) is 10.4. The summed E-state index contributed by atoms with van der Waals surface area (Å²) < 4.78 is 5.32. The summed E-state index contributed by atoms with van der Waals surface area (Å²) in [6.07, 6.45) is 4.76. The maximum atomic E-state index is 12.8. The number of thiophene rings is 1. The predicted molar refractivity (Wildman–Crippen MR) is 204 cm³/mol. The molecule has 7 rings (SSSR count).